The van der Waals surface area contributed by atoms with Gasteiger partial charge in [0.15, 0.2) is 11.2 Å². The van der Waals surface area contributed by atoms with Crippen molar-refractivity contribution in [3.05, 3.63) is 46.3 Å². The van der Waals surface area contributed by atoms with Crippen molar-refractivity contribution in [1.82, 2.24) is 0 Å². The highest BCUT2D eigenvalue weighted by Crippen LogP contribution is 2.23. The van der Waals surface area contributed by atoms with Crippen molar-refractivity contribution < 1.29 is 8.83 Å². The van der Waals surface area contributed by atoms with Crippen LogP contribution in [0.3, 0.4) is 0 Å². The van der Waals surface area contributed by atoms with E-state index in [-0.39, 0.29) is 0 Å². The summed E-state index contributed by atoms with van der Waals surface area (Å²) < 4.78 is 11.7. The normalized spacial score (nSPS) is 16.8. The molecule has 0 aromatic carbocycles. The third kappa shape index (κ3) is 0.915. The fourth-order valence-electron chi connectivity index (χ4n) is 2.40. The van der Waals surface area contributed by atoms with Crippen LogP contribution >= 0.6 is 0 Å². The molecular formula is C14H10O2. The Balaban J connectivity index is 2.18. The molecule has 0 spiro atoms. The van der Waals surface area contributed by atoms with Crippen molar-refractivity contribution in [2.24, 2.45) is 0 Å². The SMILES string of the molecule is C1=CCc2c(oc3c4c(oc23)=CC=CC4)=C1. The molecule has 0 saturated carbocycles. The first-order valence-electron chi connectivity index (χ1n) is 5.50. The van der Waals surface area contributed by atoms with Crippen molar-refractivity contribution in [3.8, 4) is 0 Å². The summed E-state index contributed by atoms with van der Waals surface area (Å²) in [5, 5.41) is 0. The van der Waals surface area contributed by atoms with Crippen molar-refractivity contribution in [1.29, 1.82) is 0 Å². The zero-order chi connectivity index (χ0) is 10.5. The predicted molar refractivity (Wildman–Crippen MR) is 62.3 cm³/mol. The van der Waals surface area contributed by atoms with Crippen LogP contribution in [0.5, 0.6) is 0 Å². The molecule has 0 bridgehead atoms. The maximum absolute atomic E-state index is 5.87. The molecule has 0 radical (unpaired) electrons. The first kappa shape index (κ1) is 8.22. The Morgan fingerprint density at radius 1 is 0.750 bits per heavy atom. The lowest BCUT2D eigenvalue weighted by Crippen LogP contribution is -2.08. The van der Waals surface area contributed by atoms with Gasteiger partial charge in [0, 0.05) is 11.1 Å². The number of rotatable bonds is 0. The highest BCUT2D eigenvalue weighted by Gasteiger charge is 2.19. The van der Waals surface area contributed by atoms with Gasteiger partial charge >= 0.3 is 0 Å². The fraction of sp³-hybridized carbons (Fsp3) is 0.143. The Bertz CT molecular complexity index is 685. The quantitative estimate of drug-likeness (QED) is 0.663. The molecule has 0 atom stereocenters. The van der Waals surface area contributed by atoms with E-state index in [4.69, 9.17) is 8.83 Å². The molecule has 0 aliphatic heterocycles. The predicted octanol–water partition coefficient (Wildman–Crippen LogP) is 1.81. The van der Waals surface area contributed by atoms with Gasteiger partial charge in [0.05, 0.1) is 0 Å². The van der Waals surface area contributed by atoms with Gasteiger partial charge in [0.25, 0.3) is 0 Å². The Labute approximate surface area is 91.9 Å². The maximum atomic E-state index is 5.87. The lowest BCUT2D eigenvalue weighted by Gasteiger charge is -1.95. The van der Waals surface area contributed by atoms with E-state index in [0.717, 1.165) is 34.8 Å². The maximum Gasteiger partial charge on any atom is 0.177 e. The highest BCUT2D eigenvalue weighted by molar-refractivity contribution is 5.81. The minimum atomic E-state index is 0.901. The molecule has 2 heterocycles. The molecule has 78 valence electrons. The molecule has 16 heavy (non-hydrogen) atoms. The molecule has 0 unspecified atom stereocenters. The minimum Gasteiger partial charge on any atom is -0.453 e. The van der Waals surface area contributed by atoms with E-state index in [0.29, 0.717) is 0 Å². The molecule has 2 heteroatoms. The standard InChI is InChI=1S/C14H10O2/c1-3-7-11-9(5-1)13-14(15-11)10-6-2-4-8-12(10)16-13/h1-4,7-8H,5-6H2. The molecule has 0 N–H and O–H groups in total. The van der Waals surface area contributed by atoms with E-state index in [9.17, 15) is 0 Å². The molecule has 4 rings (SSSR count). The van der Waals surface area contributed by atoms with Crippen LogP contribution in [-0.4, -0.2) is 0 Å². The summed E-state index contributed by atoms with van der Waals surface area (Å²) in [5.41, 5.74) is 6.13. The van der Waals surface area contributed by atoms with E-state index in [2.05, 4.69) is 12.2 Å². The minimum absolute atomic E-state index is 0.901. The second-order valence-corrected chi connectivity index (χ2v) is 4.15. The van der Waals surface area contributed by atoms with Crippen LogP contribution in [0.1, 0.15) is 11.1 Å². The first-order valence-corrected chi connectivity index (χ1v) is 5.50. The van der Waals surface area contributed by atoms with Crippen LogP contribution in [-0.2, 0) is 12.8 Å². The summed E-state index contributed by atoms with van der Waals surface area (Å²) in [5.74, 6) is 0. The number of fused-ring (bicyclic) bond motifs is 5. The van der Waals surface area contributed by atoms with Gasteiger partial charge in [-0.3, -0.25) is 0 Å². The topological polar surface area (TPSA) is 26.3 Å². The summed E-state index contributed by atoms with van der Waals surface area (Å²) in [6.07, 6.45) is 14.1. The number of hydrogen-bond donors (Lipinski definition) is 0. The van der Waals surface area contributed by atoms with Crippen LogP contribution < -0.4 is 10.8 Å². The molecular weight excluding hydrogens is 200 g/mol. The van der Waals surface area contributed by atoms with Gasteiger partial charge in [0.1, 0.15) is 10.8 Å². The fourth-order valence-corrected chi connectivity index (χ4v) is 2.40. The monoisotopic (exact) mass is 210 g/mol. The van der Waals surface area contributed by atoms with E-state index < -0.39 is 0 Å². The van der Waals surface area contributed by atoms with Gasteiger partial charge in [-0.2, -0.15) is 0 Å². The van der Waals surface area contributed by atoms with E-state index >= 15 is 0 Å². The van der Waals surface area contributed by atoms with Gasteiger partial charge in [-0.25, -0.2) is 0 Å². The molecule has 2 aromatic heterocycles. The third-order valence-corrected chi connectivity index (χ3v) is 3.18. The van der Waals surface area contributed by atoms with Crippen LogP contribution in [0, 0.1) is 0 Å². The summed E-state index contributed by atoms with van der Waals surface area (Å²) in [7, 11) is 0. The molecule has 2 nitrogen and oxygen atoms in total. The molecule has 2 aliphatic carbocycles. The average molecular weight is 210 g/mol. The van der Waals surface area contributed by atoms with Gasteiger partial charge in [-0.05, 0) is 25.0 Å². The summed E-state index contributed by atoms with van der Waals surface area (Å²) in [4.78, 5) is 0. The van der Waals surface area contributed by atoms with Gasteiger partial charge in [0.2, 0.25) is 0 Å². The smallest absolute Gasteiger partial charge is 0.177 e. The number of hydrogen-bond acceptors (Lipinski definition) is 2. The lowest BCUT2D eigenvalue weighted by molar-refractivity contribution is 0.565. The van der Waals surface area contributed by atoms with E-state index in [1.54, 1.807) is 0 Å². The number of furan rings is 2. The average Bonchev–Trinajstić information content (AvgIpc) is 2.85. The largest absolute Gasteiger partial charge is 0.453 e. The Morgan fingerprint density at radius 2 is 1.25 bits per heavy atom. The Morgan fingerprint density at radius 3 is 1.75 bits per heavy atom. The Hall–Kier alpha value is -1.96. The second-order valence-electron chi connectivity index (χ2n) is 4.15. The van der Waals surface area contributed by atoms with E-state index in [1.807, 2.05) is 24.3 Å². The van der Waals surface area contributed by atoms with Crippen LogP contribution in [0.15, 0.2) is 33.1 Å². The van der Waals surface area contributed by atoms with E-state index in [1.165, 1.54) is 11.1 Å². The van der Waals surface area contributed by atoms with Crippen molar-refractivity contribution in [3.63, 3.8) is 0 Å². The van der Waals surface area contributed by atoms with Gasteiger partial charge < -0.3 is 8.83 Å². The van der Waals surface area contributed by atoms with Crippen molar-refractivity contribution in [2.75, 3.05) is 0 Å². The van der Waals surface area contributed by atoms with Crippen LogP contribution in [0.25, 0.3) is 23.3 Å². The van der Waals surface area contributed by atoms with Gasteiger partial charge in [-0.1, -0.05) is 24.3 Å². The highest BCUT2D eigenvalue weighted by atomic mass is 16.4. The van der Waals surface area contributed by atoms with Crippen molar-refractivity contribution >= 4 is 23.3 Å². The zero-order valence-corrected chi connectivity index (χ0v) is 8.69. The second kappa shape index (κ2) is 2.79. The summed E-state index contributed by atoms with van der Waals surface area (Å²) in [6.45, 7) is 0. The molecule has 0 fully saturated rings. The lowest BCUT2D eigenvalue weighted by atomic mass is 10.1. The molecule has 0 saturated heterocycles. The zero-order valence-electron chi connectivity index (χ0n) is 8.69. The molecule has 2 aromatic rings. The van der Waals surface area contributed by atoms with Crippen LogP contribution in [0.4, 0.5) is 0 Å². The molecule has 2 aliphatic rings. The van der Waals surface area contributed by atoms with Crippen molar-refractivity contribution in [2.45, 2.75) is 12.8 Å². The summed E-state index contributed by atoms with van der Waals surface area (Å²) >= 11 is 0. The van der Waals surface area contributed by atoms with Gasteiger partial charge in [-0.15, -0.1) is 0 Å². The van der Waals surface area contributed by atoms with Crippen LogP contribution in [0.2, 0.25) is 0 Å². The Kier molecular flexibility index (Phi) is 1.43. The summed E-state index contributed by atoms with van der Waals surface area (Å²) in [6, 6.07) is 0. The molecule has 0 amide bonds. The first-order chi connectivity index (χ1) is 7.93. The third-order valence-electron chi connectivity index (χ3n) is 3.18. The number of allylic oxidation sites excluding steroid dienone is 4.